The Morgan fingerprint density at radius 3 is 2.80 bits per heavy atom. The summed E-state index contributed by atoms with van der Waals surface area (Å²) in [6, 6.07) is 8.71. The number of hydrazine groups is 1. The number of ether oxygens (including phenoxy) is 3. The lowest BCUT2D eigenvalue weighted by molar-refractivity contribution is -0.156. The Balaban J connectivity index is 1.31. The fourth-order valence-electron chi connectivity index (χ4n) is 8.00. The molecule has 6 heterocycles. The number of methoxy groups -OCH3 is 1. The second-order valence-corrected chi connectivity index (χ2v) is 16.7. The topological polar surface area (TPSA) is 160 Å². The van der Waals surface area contributed by atoms with Crippen LogP contribution in [0.25, 0.3) is 33.4 Å². The van der Waals surface area contributed by atoms with Gasteiger partial charge in [-0.15, -0.1) is 11.3 Å². The van der Waals surface area contributed by atoms with Crippen molar-refractivity contribution in [1.82, 2.24) is 35.2 Å². The second-order valence-electron chi connectivity index (χ2n) is 15.8. The highest BCUT2D eigenvalue weighted by Gasteiger charge is 2.37. The average molecular weight is 788 g/mol. The number of carbonyl (C=O) groups is 3. The predicted octanol–water partition coefficient (Wildman–Crippen LogP) is 4.24. The third-order valence-electron chi connectivity index (χ3n) is 11.1. The summed E-state index contributed by atoms with van der Waals surface area (Å²) in [7, 11) is 1.69. The zero-order valence-corrected chi connectivity index (χ0v) is 33.9. The molecule has 1 unspecified atom stereocenters. The maximum Gasteiger partial charge on any atom is 0.324 e. The number of cyclic esters (lactones) is 1. The number of benzene rings is 1. The van der Waals surface area contributed by atoms with Crippen molar-refractivity contribution in [2.75, 3.05) is 40.0 Å². The van der Waals surface area contributed by atoms with E-state index in [1.807, 2.05) is 18.4 Å². The summed E-state index contributed by atoms with van der Waals surface area (Å²) in [5.74, 6) is -1.26. The zero-order chi connectivity index (χ0) is 39.7. The first-order valence-electron chi connectivity index (χ1n) is 19.5. The molecule has 14 nitrogen and oxygen atoms in total. The number of aliphatic hydroxyl groups is 1. The van der Waals surface area contributed by atoms with Gasteiger partial charge in [0.05, 0.1) is 41.4 Å². The van der Waals surface area contributed by atoms with E-state index in [-0.39, 0.29) is 38.2 Å². The van der Waals surface area contributed by atoms with E-state index in [1.54, 1.807) is 25.1 Å². The van der Waals surface area contributed by atoms with Crippen LogP contribution >= 0.6 is 11.3 Å². The molecule has 0 radical (unpaired) electrons. The molecule has 2 saturated heterocycles. The molecule has 15 heteroatoms. The van der Waals surface area contributed by atoms with Gasteiger partial charge in [0, 0.05) is 78.7 Å². The Morgan fingerprint density at radius 1 is 1.21 bits per heavy atom. The molecule has 0 saturated carbocycles. The molecule has 3 aliphatic heterocycles. The third kappa shape index (κ3) is 8.25. The van der Waals surface area contributed by atoms with Gasteiger partial charge in [0.25, 0.3) is 11.8 Å². The monoisotopic (exact) mass is 787 g/mol. The first-order chi connectivity index (χ1) is 26.9. The first-order valence-corrected chi connectivity index (χ1v) is 20.4. The summed E-state index contributed by atoms with van der Waals surface area (Å²) < 4.78 is 19.9. The molecule has 3 aliphatic rings. The molecule has 5 atom stereocenters. The summed E-state index contributed by atoms with van der Waals surface area (Å²) in [6.07, 6.45) is 1.76. The van der Waals surface area contributed by atoms with Crippen LogP contribution < -0.4 is 10.7 Å². The van der Waals surface area contributed by atoms with Gasteiger partial charge in [-0.25, -0.2) is 10.4 Å². The van der Waals surface area contributed by atoms with E-state index in [2.05, 4.69) is 60.3 Å². The first kappa shape index (κ1) is 40.0. The number of hydrogen-bond donors (Lipinski definition) is 3. The van der Waals surface area contributed by atoms with Crippen LogP contribution in [-0.2, 0) is 48.0 Å². The third-order valence-corrected chi connectivity index (χ3v) is 11.9. The van der Waals surface area contributed by atoms with Crippen molar-refractivity contribution in [2.45, 2.75) is 97.4 Å². The molecule has 1 aromatic carbocycles. The standard InChI is InChI=1S/C41H53N7O7S/c1-7-47-33-13-12-26-18-28(33)29(37(47)27-10-8-14-42-36(27)24(2)53-6)20-41(4,5)23-55-40(52)30-11-9-15-48(45-30)39(51)31(19-35-43-32(26)22-56-35)44-38(50)34-21-46(25(3)49)16-17-54-34/h8,10,12-14,18,22,24-25,30-31,34,45,49H,7,9,11,15-17,19-21,23H2,1-6H3,(H,44,50)/t24-,25?,30-,31-,34+/m0/s1. The lowest BCUT2D eigenvalue weighted by atomic mass is 9.84. The van der Waals surface area contributed by atoms with E-state index < -0.39 is 41.7 Å². The molecular formula is C41H53N7O7S. The molecule has 3 aromatic heterocycles. The van der Waals surface area contributed by atoms with Crippen molar-refractivity contribution in [3.05, 3.63) is 58.2 Å². The van der Waals surface area contributed by atoms with Crippen LogP contribution in [0.2, 0.25) is 0 Å². The number of aliphatic hydroxyl groups excluding tert-OH is 1. The molecular weight excluding hydrogens is 735 g/mol. The number of amides is 2. The number of fused-ring (bicyclic) bond motifs is 6. The van der Waals surface area contributed by atoms with Gasteiger partial charge in [-0.3, -0.25) is 29.3 Å². The highest BCUT2D eigenvalue weighted by molar-refractivity contribution is 7.10. The molecule has 7 rings (SSSR count). The second kappa shape index (κ2) is 16.7. The Kier molecular flexibility index (Phi) is 11.9. The van der Waals surface area contributed by atoms with E-state index in [9.17, 15) is 19.5 Å². The molecule has 4 aromatic rings. The fraction of sp³-hybridized carbons (Fsp3) is 0.537. The Hall–Kier alpha value is -4.25. The molecule has 56 heavy (non-hydrogen) atoms. The summed E-state index contributed by atoms with van der Waals surface area (Å²) in [5.41, 5.74) is 9.40. The fourth-order valence-corrected chi connectivity index (χ4v) is 8.85. The number of esters is 1. The van der Waals surface area contributed by atoms with Gasteiger partial charge in [0.2, 0.25) is 0 Å². The number of pyridine rings is 1. The SMILES string of the molecule is CCn1c(-c2cccnc2[C@H](C)OC)c2c3cc(ccc31)-c1csc(n1)C[C@H](NC(=O)[C@H]1CN(C(C)O)CCO1)C(=O)N1CCC[C@H](N1)C(=O)OCC(C)(C)C2. The Bertz CT molecular complexity index is 2080. The van der Waals surface area contributed by atoms with Gasteiger partial charge in [0.15, 0.2) is 0 Å². The van der Waals surface area contributed by atoms with Crippen molar-refractivity contribution in [2.24, 2.45) is 5.41 Å². The van der Waals surface area contributed by atoms with Crippen molar-refractivity contribution in [1.29, 1.82) is 0 Å². The van der Waals surface area contributed by atoms with Gasteiger partial charge in [-0.05, 0) is 69.9 Å². The average Bonchev–Trinajstić information content (AvgIpc) is 3.80. The van der Waals surface area contributed by atoms with Crippen molar-refractivity contribution >= 4 is 40.0 Å². The molecule has 3 N–H and O–H groups in total. The normalized spacial score (nSPS) is 23.3. The maximum atomic E-state index is 14.2. The van der Waals surface area contributed by atoms with Crippen LogP contribution in [0.3, 0.4) is 0 Å². The smallest absolute Gasteiger partial charge is 0.324 e. The van der Waals surface area contributed by atoms with Crippen LogP contribution in [0.15, 0.2) is 41.9 Å². The number of hydrogen-bond acceptors (Lipinski definition) is 12. The summed E-state index contributed by atoms with van der Waals surface area (Å²) in [6.45, 7) is 12.2. The van der Waals surface area contributed by atoms with Crippen LogP contribution in [0, 0.1) is 5.41 Å². The van der Waals surface area contributed by atoms with E-state index in [1.165, 1.54) is 16.3 Å². The Labute approximate surface area is 331 Å². The number of nitrogens with zero attached hydrogens (tertiary/aromatic N) is 5. The molecule has 0 spiro atoms. The number of rotatable bonds is 7. The van der Waals surface area contributed by atoms with Gasteiger partial charge in [-0.2, -0.15) is 0 Å². The van der Waals surface area contributed by atoms with E-state index in [0.717, 1.165) is 44.7 Å². The zero-order valence-electron chi connectivity index (χ0n) is 33.0. The minimum absolute atomic E-state index is 0.134. The summed E-state index contributed by atoms with van der Waals surface area (Å²) in [5, 5.41) is 18.3. The van der Waals surface area contributed by atoms with Crippen LogP contribution in [0.5, 0.6) is 0 Å². The number of nitrogens with one attached hydrogen (secondary N) is 2. The minimum atomic E-state index is -0.995. The molecule has 6 bridgehead atoms. The Morgan fingerprint density at radius 2 is 2.04 bits per heavy atom. The molecule has 2 fully saturated rings. The van der Waals surface area contributed by atoms with Crippen molar-refractivity contribution in [3.63, 3.8) is 0 Å². The van der Waals surface area contributed by atoms with Gasteiger partial charge >= 0.3 is 5.97 Å². The lowest BCUT2D eigenvalue weighted by Gasteiger charge is -2.36. The largest absolute Gasteiger partial charge is 0.464 e. The quantitative estimate of drug-likeness (QED) is 0.230. The minimum Gasteiger partial charge on any atom is -0.464 e. The number of carbonyl (C=O) groups excluding carboxylic acids is 3. The van der Waals surface area contributed by atoms with Gasteiger partial charge in [-0.1, -0.05) is 19.9 Å². The lowest BCUT2D eigenvalue weighted by Crippen LogP contribution is -2.62. The van der Waals surface area contributed by atoms with Crippen LogP contribution in [-0.4, -0.2) is 112 Å². The summed E-state index contributed by atoms with van der Waals surface area (Å²) >= 11 is 1.43. The molecule has 0 aliphatic carbocycles. The predicted molar refractivity (Wildman–Crippen MR) is 212 cm³/mol. The number of aryl methyl sites for hydroxylation is 1. The number of aromatic nitrogens is 3. The van der Waals surface area contributed by atoms with Crippen LogP contribution in [0.4, 0.5) is 0 Å². The van der Waals surface area contributed by atoms with Crippen molar-refractivity contribution in [3.8, 4) is 22.5 Å². The highest BCUT2D eigenvalue weighted by atomic mass is 32.1. The number of thiazole rings is 1. The van der Waals surface area contributed by atoms with E-state index >= 15 is 0 Å². The van der Waals surface area contributed by atoms with Crippen LogP contribution in [0.1, 0.15) is 69.8 Å². The highest BCUT2D eigenvalue weighted by Crippen LogP contribution is 2.42. The maximum absolute atomic E-state index is 14.2. The molecule has 2 amide bonds. The van der Waals surface area contributed by atoms with Gasteiger partial charge < -0.3 is 29.2 Å². The van der Waals surface area contributed by atoms with E-state index in [0.29, 0.717) is 43.9 Å². The van der Waals surface area contributed by atoms with Crippen molar-refractivity contribution < 1.29 is 33.7 Å². The number of morpholine rings is 1. The van der Waals surface area contributed by atoms with E-state index in [4.69, 9.17) is 24.2 Å². The molecule has 300 valence electrons. The summed E-state index contributed by atoms with van der Waals surface area (Å²) in [4.78, 5) is 53.2. The van der Waals surface area contributed by atoms with Gasteiger partial charge in [0.1, 0.15) is 24.4 Å².